The predicted molar refractivity (Wildman–Crippen MR) is 133 cm³/mol. The maximum Gasteiger partial charge on any atom is 0.255 e. The number of benzene rings is 3. The average Bonchev–Trinajstić information content (AvgIpc) is 2.89. The third kappa shape index (κ3) is 5.90. The van der Waals surface area contributed by atoms with E-state index in [-0.39, 0.29) is 30.1 Å². The molecule has 0 saturated carbocycles. The van der Waals surface area contributed by atoms with Crippen LogP contribution < -0.4 is 5.32 Å². The Kier molecular flexibility index (Phi) is 7.84. The molecule has 2 amide bonds. The minimum Gasteiger partial charge on any atom is -0.352 e. The van der Waals surface area contributed by atoms with Crippen LogP contribution in [0.4, 0.5) is 4.39 Å². The van der Waals surface area contributed by atoms with Gasteiger partial charge in [-0.3, -0.25) is 9.59 Å². The first kappa shape index (κ1) is 24.5. The monoisotopic (exact) mass is 487 g/mol. The van der Waals surface area contributed by atoms with Gasteiger partial charge in [-0.05, 0) is 61.2 Å². The van der Waals surface area contributed by atoms with Gasteiger partial charge in [-0.2, -0.15) is 5.26 Å². The van der Waals surface area contributed by atoms with Crippen LogP contribution in [0.2, 0.25) is 0 Å². The number of carbonyl (C=O) groups is 2. The summed E-state index contributed by atoms with van der Waals surface area (Å²) in [5.74, 6) is -0.599. The molecular weight excluding hydrogens is 461 g/mol. The van der Waals surface area contributed by atoms with Crippen LogP contribution >= 0.6 is 11.8 Å². The summed E-state index contributed by atoms with van der Waals surface area (Å²) in [4.78, 5) is 29.4. The molecule has 4 rings (SSSR count). The second kappa shape index (κ2) is 11.2. The van der Waals surface area contributed by atoms with Crippen LogP contribution in [0.15, 0.2) is 76.5 Å². The molecule has 178 valence electrons. The van der Waals surface area contributed by atoms with E-state index in [1.165, 1.54) is 17.8 Å². The van der Waals surface area contributed by atoms with Gasteiger partial charge in [0.1, 0.15) is 11.9 Å². The average molecular weight is 488 g/mol. The Morgan fingerprint density at radius 2 is 1.74 bits per heavy atom. The molecule has 1 aliphatic heterocycles. The molecule has 0 radical (unpaired) electrons. The molecule has 1 saturated heterocycles. The number of hydrogen-bond acceptors (Lipinski definition) is 4. The summed E-state index contributed by atoms with van der Waals surface area (Å²) >= 11 is 1.41. The fourth-order valence-electron chi connectivity index (χ4n) is 4.09. The lowest BCUT2D eigenvalue weighted by molar-refractivity contribution is -0.126. The highest BCUT2D eigenvalue weighted by atomic mass is 32.2. The van der Waals surface area contributed by atoms with E-state index in [0.29, 0.717) is 42.6 Å². The van der Waals surface area contributed by atoms with Crippen molar-refractivity contribution in [3.63, 3.8) is 0 Å². The van der Waals surface area contributed by atoms with Crippen molar-refractivity contribution in [1.82, 2.24) is 10.2 Å². The van der Waals surface area contributed by atoms with E-state index in [2.05, 4.69) is 11.4 Å². The van der Waals surface area contributed by atoms with Crippen LogP contribution in [-0.4, -0.2) is 29.8 Å². The van der Waals surface area contributed by atoms with Gasteiger partial charge in [0.2, 0.25) is 5.91 Å². The summed E-state index contributed by atoms with van der Waals surface area (Å²) in [7, 11) is 0. The summed E-state index contributed by atoms with van der Waals surface area (Å²) in [6, 6.07) is 21.9. The molecule has 0 atom stereocenters. The van der Waals surface area contributed by atoms with Crippen molar-refractivity contribution in [3.8, 4) is 6.07 Å². The first-order valence-corrected chi connectivity index (χ1v) is 12.4. The van der Waals surface area contributed by atoms with E-state index in [1.807, 2.05) is 42.5 Å². The highest BCUT2D eigenvalue weighted by molar-refractivity contribution is 7.99. The summed E-state index contributed by atoms with van der Waals surface area (Å²) < 4.78 is 13.7. The summed E-state index contributed by atoms with van der Waals surface area (Å²) in [5.41, 5.74) is 2.46. The SMILES string of the molecule is Cc1ccc(CNC(=O)C2CCN(C(=O)c3ccccc3Sc3ccccc3C#N)CC2)cc1F. The summed E-state index contributed by atoms with van der Waals surface area (Å²) in [6.45, 7) is 2.97. The molecular formula is C28H26FN3O2S. The molecule has 1 N–H and O–H groups in total. The normalized spacial score (nSPS) is 13.8. The van der Waals surface area contributed by atoms with Gasteiger partial charge in [0.25, 0.3) is 5.91 Å². The van der Waals surface area contributed by atoms with Crippen molar-refractivity contribution in [2.75, 3.05) is 13.1 Å². The third-order valence-corrected chi connectivity index (χ3v) is 7.35. The van der Waals surface area contributed by atoms with Crippen molar-refractivity contribution in [1.29, 1.82) is 5.26 Å². The van der Waals surface area contributed by atoms with Gasteiger partial charge in [-0.1, -0.05) is 48.2 Å². The number of hydrogen-bond donors (Lipinski definition) is 1. The van der Waals surface area contributed by atoms with E-state index in [0.717, 1.165) is 15.4 Å². The lowest BCUT2D eigenvalue weighted by Crippen LogP contribution is -2.43. The van der Waals surface area contributed by atoms with Gasteiger partial charge in [-0.25, -0.2) is 4.39 Å². The highest BCUT2D eigenvalue weighted by Crippen LogP contribution is 2.33. The fourth-order valence-corrected chi connectivity index (χ4v) is 5.11. The lowest BCUT2D eigenvalue weighted by atomic mass is 9.95. The number of nitrogens with zero attached hydrogens (tertiary/aromatic N) is 2. The number of nitrogens with one attached hydrogen (secondary N) is 1. The Bertz CT molecular complexity index is 1280. The number of amides is 2. The molecule has 35 heavy (non-hydrogen) atoms. The van der Waals surface area contributed by atoms with E-state index in [1.54, 1.807) is 30.0 Å². The minimum absolute atomic E-state index is 0.0675. The van der Waals surface area contributed by atoms with Gasteiger partial charge >= 0.3 is 0 Å². The Morgan fingerprint density at radius 3 is 2.46 bits per heavy atom. The quantitative estimate of drug-likeness (QED) is 0.510. The molecule has 3 aromatic carbocycles. The van der Waals surface area contributed by atoms with Gasteiger partial charge in [0.15, 0.2) is 0 Å². The number of halogens is 1. The zero-order chi connectivity index (χ0) is 24.8. The predicted octanol–water partition coefficient (Wildman–Crippen LogP) is 5.33. The summed E-state index contributed by atoms with van der Waals surface area (Å²) in [6.07, 6.45) is 1.15. The van der Waals surface area contributed by atoms with Crippen LogP contribution in [0.3, 0.4) is 0 Å². The molecule has 3 aromatic rings. The van der Waals surface area contributed by atoms with Crippen LogP contribution in [-0.2, 0) is 11.3 Å². The zero-order valence-corrected chi connectivity index (χ0v) is 20.3. The number of carbonyl (C=O) groups excluding carboxylic acids is 2. The summed E-state index contributed by atoms with van der Waals surface area (Å²) in [5, 5.41) is 12.3. The van der Waals surface area contributed by atoms with Crippen LogP contribution in [0.5, 0.6) is 0 Å². The molecule has 1 fully saturated rings. The Labute approximate surface area is 209 Å². The smallest absolute Gasteiger partial charge is 0.255 e. The highest BCUT2D eigenvalue weighted by Gasteiger charge is 2.28. The van der Waals surface area contributed by atoms with Crippen molar-refractivity contribution in [2.24, 2.45) is 5.92 Å². The zero-order valence-electron chi connectivity index (χ0n) is 19.5. The van der Waals surface area contributed by atoms with Gasteiger partial charge < -0.3 is 10.2 Å². The van der Waals surface area contributed by atoms with Crippen molar-refractivity contribution in [2.45, 2.75) is 36.1 Å². The maximum atomic E-state index is 13.7. The van der Waals surface area contributed by atoms with Gasteiger partial charge in [0.05, 0.1) is 11.1 Å². The molecule has 0 aliphatic carbocycles. The number of aryl methyl sites for hydroxylation is 1. The number of rotatable bonds is 6. The molecule has 0 unspecified atom stereocenters. The largest absolute Gasteiger partial charge is 0.352 e. The van der Waals surface area contributed by atoms with Crippen LogP contribution in [0.1, 0.15) is 39.9 Å². The molecule has 1 aliphatic rings. The Hall–Kier alpha value is -3.63. The Balaban J connectivity index is 1.36. The fraction of sp³-hybridized carbons (Fsp3) is 0.250. The minimum atomic E-state index is -0.280. The first-order valence-electron chi connectivity index (χ1n) is 11.5. The van der Waals surface area contributed by atoms with E-state index in [9.17, 15) is 19.2 Å². The van der Waals surface area contributed by atoms with Crippen LogP contribution in [0, 0.1) is 30.0 Å². The molecule has 5 nitrogen and oxygen atoms in total. The lowest BCUT2D eigenvalue weighted by Gasteiger charge is -2.31. The first-order chi connectivity index (χ1) is 17.0. The number of nitriles is 1. The number of piperidine rings is 1. The molecule has 0 spiro atoms. The molecule has 0 bridgehead atoms. The van der Waals surface area contributed by atoms with E-state index >= 15 is 0 Å². The topological polar surface area (TPSA) is 73.2 Å². The van der Waals surface area contributed by atoms with E-state index < -0.39 is 0 Å². The maximum absolute atomic E-state index is 13.7. The van der Waals surface area contributed by atoms with Gasteiger partial charge in [-0.15, -0.1) is 0 Å². The van der Waals surface area contributed by atoms with Crippen molar-refractivity contribution >= 4 is 23.6 Å². The molecule has 1 heterocycles. The number of likely N-dealkylation sites (tertiary alicyclic amines) is 1. The Morgan fingerprint density at radius 1 is 1.06 bits per heavy atom. The second-order valence-electron chi connectivity index (χ2n) is 8.57. The third-order valence-electron chi connectivity index (χ3n) is 6.20. The molecule has 0 aromatic heterocycles. The van der Waals surface area contributed by atoms with Crippen molar-refractivity contribution in [3.05, 3.63) is 94.8 Å². The second-order valence-corrected chi connectivity index (χ2v) is 9.66. The van der Waals surface area contributed by atoms with Gasteiger partial charge in [0, 0.05) is 35.3 Å². The molecule has 7 heteroatoms. The van der Waals surface area contributed by atoms with E-state index in [4.69, 9.17) is 0 Å². The van der Waals surface area contributed by atoms with Crippen molar-refractivity contribution < 1.29 is 14.0 Å². The standard InChI is InChI=1S/C28H26FN3O2S/c1-19-10-11-20(16-24(19)29)18-31-27(33)21-12-14-32(15-13-21)28(34)23-7-3-5-9-26(23)35-25-8-4-2-6-22(25)17-30/h2-11,16,21H,12-15,18H2,1H3,(H,31,33). The van der Waals surface area contributed by atoms with Crippen LogP contribution in [0.25, 0.3) is 0 Å².